The number of phenolic OH excluding ortho intramolecular Hbond substituents is 1. The van der Waals surface area contributed by atoms with E-state index in [1.807, 2.05) is 17.0 Å². The Bertz CT molecular complexity index is 1670. The van der Waals surface area contributed by atoms with Crippen LogP contribution in [0.1, 0.15) is 36.3 Å². The van der Waals surface area contributed by atoms with E-state index in [-0.39, 0.29) is 41.3 Å². The fourth-order valence-electron chi connectivity index (χ4n) is 7.35. The van der Waals surface area contributed by atoms with Crippen LogP contribution in [0.2, 0.25) is 0 Å². The maximum Gasteiger partial charge on any atom is 0.319 e. The summed E-state index contributed by atoms with van der Waals surface area (Å²) in [7, 11) is 2.06. The molecule has 2 aromatic carbocycles. The molecule has 1 N–H and O–H groups in total. The van der Waals surface area contributed by atoms with Crippen molar-refractivity contribution in [1.29, 1.82) is 0 Å². The first kappa shape index (κ1) is 27.6. The van der Waals surface area contributed by atoms with Gasteiger partial charge >= 0.3 is 6.01 Å². The lowest BCUT2D eigenvalue weighted by Gasteiger charge is -2.39. The Morgan fingerprint density at radius 3 is 2.91 bits per heavy atom. The number of ether oxygens (including phenoxy) is 1. The van der Waals surface area contributed by atoms with E-state index in [0.717, 1.165) is 31.4 Å². The van der Waals surface area contributed by atoms with E-state index < -0.39 is 11.9 Å². The van der Waals surface area contributed by atoms with E-state index in [9.17, 15) is 9.90 Å². The molecule has 3 aromatic rings. The number of aromatic nitrogens is 2. The van der Waals surface area contributed by atoms with Crippen LogP contribution in [0.15, 0.2) is 36.9 Å². The number of rotatable bonds is 7. The average Bonchev–Trinajstić information content (AvgIpc) is 3.50. The van der Waals surface area contributed by atoms with Crippen molar-refractivity contribution in [3.63, 3.8) is 0 Å². The molecule has 0 spiro atoms. The molecule has 2 aliphatic carbocycles. The number of fused-ring (bicyclic) bond motifs is 4. The summed E-state index contributed by atoms with van der Waals surface area (Å²) in [6.45, 7) is 13.6. The summed E-state index contributed by atoms with van der Waals surface area (Å²) in [5, 5.41) is 11.7. The van der Waals surface area contributed by atoms with Gasteiger partial charge < -0.3 is 29.4 Å². The number of amides is 1. The van der Waals surface area contributed by atoms with Crippen LogP contribution in [0.4, 0.5) is 10.2 Å². The van der Waals surface area contributed by atoms with E-state index in [2.05, 4.69) is 34.4 Å². The molecule has 222 valence electrons. The molecule has 0 unspecified atom stereocenters. The van der Waals surface area contributed by atoms with Crippen LogP contribution >= 0.6 is 0 Å². The fourth-order valence-corrected chi connectivity index (χ4v) is 7.35. The third kappa shape index (κ3) is 4.76. The lowest BCUT2D eigenvalue weighted by molar-refractivity contribution is -0.128. The molecule has 4 aliphatic rings. The Morgan fingerprint density at radius 2 is 2.14 bits per heavy atom. The second-order valence-corrected chi connectivity index (χ2v) is 12.3. The molecule has 1 amide bonds. The molecule has 43 heavy (non-hydrogen) atoms. The summed E-state index contributed by atoms with van der Waals surface area (Å²) >= 11 is 0. The Kier molecular flexibility index (Phi) is 6.93. The summed E-state index contributed by atoms with van der Waals surface area (Å²) in [6, 6.07) is 7.40. The normalized spacial score (nSPS) is 24.5. The predicted molar refractivity (Wildman–Crippen MR) is 162 cm³/mol. The number of benzene rings is 2. The molecule has 3 fully saturated rings. The number of halogens is 1. The van der Waals surface area contributed by atoms with Gasteiger partial charge in [-0.25, -0.2) is 11.0 Å². The third-order valence-electron chi connectivity index (χ3n) is 9.76. The molecular formula is C33H35FN6O3. The van der Waals surface area contributed by atoms with Crippen LogP contribution in [0.3, 0.4) is 0 Å². The molecule has 9 nitrogen and oxygen atoms in total. The number of likely N-dealkylation sites (tertiary alicyclic amines) is 1. The van der Waals surface area contributed by atoms with Gasteiger partial charge in [0.25, 0.3) is 0 Å². The Balaban J connectivity index is 1.32. The lowest BCUT2D eigenvalue weighted by Crippen LogP contribution is -2.56. The minimum Gasteiger partial charge on any atom is -0.507 e. The van der Waals surface area contributed by atoms with Crippen molar-refractivity contribution in [1.82, 2.24) is 19.8 Å². The fraction of sp³-hybridized carbons (Fsp3) is 0.455. The van der Waals surface area contributed by atoms with Gasteiger partial charge in [-0.1, -0.05) is 24.8 Å². The van der Waals surface area contributed by atoms with Gasteiger partial charge in [-0.2, -0.15) is 9.97 Å². The maximum atomic E-state index is 16.7. The topological polar surface area (TPSA) is 86.4 Å². The maximum absolute atomic E-state index is 16.7. The SMILES string of the molecule is [C-]#[N+]C[C@H]1CN(c2nc(OC[C@@H]3CCCN3C)nc3c(F)c(-c4cccc5c4C[C@H]4C[C@@H]54)c(O)cc23)CCN1C(=O)C=C. The van der Waals surface area contributed by atoms with Crippen LogP contribution in [0.5, 0.6) is 11.8 Å². The second kappa shape index (κ2) is 10.8. The van der Waals surface area contributed by atoms with Gasteiger partial charge in [0.2, 0.25) is 12.5 Å². The van der Waals surface area contributed by atoms with Gasteiger partial charge in [-0.05, 0) is 79.9 Å². The van der Waals surface area contributed by atoms with Gasteiger partial charge in [-0.3, -0.25) is 4.79 Å². The number of carbonyl (C=O) groups is 1. The highest BCUT2D eigenvalue weighted by Crippen LogP contribution is 2.58. The zero-order valence-electron chi connectivity index (χ0n) is 24.3. The van der Waals surface area contributed by atoms with Crippen molar-refractivity contribution in [3.8, 4) is 22.9 Å². The van der Waals surface area contributed by atoms with E-state index in [0.29, 0.717) is 54.8 Å². The van der Waals surface area contributed by atoms with Crippen LogP contribution in [-0.4, -0.2) is 89.2 Å². The summed E-state index contributed by atoms with van der Waals surface area (Å²) in [5.74, 6) is 0.572. The summed E-state index contributed by atoms with van der Waals surface area (Å²) < 4.78 is 22.8. The second-order valence-electron chi connectivity index (χ2n) is 12.3. The number of hydrogen-bond donors (Lipinski definition) is 1. The number of carbonyl (C=O) groups excluding carboxylic acids is 1. The van der Waals surface area contributed by atoms with Crippen molar-refractivity contribution >= 4 is 22.6 Å². The number of aromatic hydroxyl groups is 1. The molecular weight excluding hydrogens is 547 g/mol. The number of piperazine rings is 1. The molecule has 2 aliphatic heterocycles. The first-order chi connectivity index (χ1) is 20.9. The Labute approximate surface area is 250 Å². The van der Waals surface area contributed by atoms with E-state index >= 15 is 4.39 Å². The smallest absolute Gasteiger partial charge is 0.319 e. The molecule has 0 radical (unpaired) electrons. The number of phenols is 1. The van der Waals surface area contributed by atoms with Gasteiger partial charge in [0.15, 0.2) is 5.82 Å². The first-order valence-electron chi connectivity index (χ1n) is 15.1. The van der Waals surface area contributed by atoms with Crippen molar-refractivity contribution in [3.05, 3.63) is 65.3 Å². The van der Waals surface area contributed by atoms with E-state index in [1.54, 1.807) is 11.0 Å². The van der Waals surface area contributed by atoms with E-state index in [1.165, 1.54) is 18.1 Å². The standard InChI is InChI=1S/C33H35FN6O3/c1-4-28(42)40-12-11-39(17-21(40)16-35-2)32-26-15-27(41)29(23-9-5-8-22-24-13-19(24)14-25(22)23)30(34)31(26)36-33(37-32)43-18-20-7-6-10-38(20)3/h4-5,8-9,15,19-21,24,41H,1,6-7,10-14,16-18H2,3H3/t19-,20+,21+,24-/m1/s1. The van der Waals surface area contributed by atoms with Crippen molar-refractivity contribution in [2.24, 2.45) is 5.92 Å². The monoisotopic (exact) mass is 582 g/mol. The van der Waals surface area contributed by atoms with Crippen molar-refractivity contribution in [2.45, 2.75) is 43.7 Å². The van der Waals surface area contributed by atoms with Crippen LogP contribution < -0.4 is 9.64 Å². The van der Waals surface area contributed by atoms with Crippen LogP contribution in [-0.2, 0) is 11.2 Å². The predicted octanol–water partition coefficient (Wildman–Crippen LogP) is 4.40. The molecule has 1 aromatic heterocycles. The summed E-state index contributed by atoms with van der Waals surface area (Å²) in [5.41, 5.74) is 3.32. The zero-order chi connectivity index (χ0) is 29.8. The van der Waals surface area contributed by atoms with Crippen molar-refractivity contribution < 1.29 is 19.0 Å². The molecule has 0 bridgehead atoms. The molecule has 3 heterocycles. The van der Waals surface area contributed by atoms with Crippen molar-refractivity contribution in [2.75, 3.05) is 51.3 Å². The molecule has 7 rings (SSSR count). The number of likely N-dealkylation sites (N-methyl/N-ethyl adjacent to an activating group) is 1. The highest BCUT2D eigenvalue weighted by Gasteiger charge is 2.46. The first-order valence-corrected chi connectivity index (χ1v) is 15.1. The highest BCUT2D eigenvalue weighted by molar-refractivity contribution is 5.97. The molecule has 4 atom stereocenters. The molecule has 2 saturated heterocycles. The number of hydrogen-bond acceptors (Lipinski definition) is 7. The van der Waals surface area contributed by atoms with Gasteiger partial charge in [0.1, 0.15) is 29.7 Å². The Hall–Kier alpha value is -4.23. The van der Waals surface area contributed by atoms with Gasteiger partial charge in [-0.15, -0.1) is 0 Å². The van der Waals surface area contributed by atoms with Crippen LogP contribution in [0, 0.1) is 18.3 Å². The summed E-state index contributed by atoms with van der Waals surface area (Å²) in [4.78, 5) is 31.2. The van der Waals surface area contributed by atoms with Gasteiger partial charge in [0.05, 0.1) is 5.56 Å². The molecule has 1 saturated carbocycles. The average molecular weight is 583 g/mol. The lowest BCUT2D eigenvalue weighted by atomic mass is 9.92. The van der Waals surface area contributed by atoms with Crippen LogP contribution in [0.25, 0.3) is 26.9 Å². The quantitative estimate of drug-likeness (QED) is 0.327. The molecule has 10 heteroatoms. The summed E-state index contributed by atoms with van der Waals surface area (Å²) in [6.07, 6.45) is 5.42. The zero-order valence-corrected chi connectivity index (χ0v) is 24.3. The number of nitrogens with zero attached hydrogens (tertiary/aromatic N) is 6. The Morgan fingerprint density at radius 1 is 1.28 bits per heavy atom. The minimum atomic E-state index is -0.603. The number of anilines is 1. The highest BCUT2D eigenvalue weighted by atomic mass is 19.1. The minimum absolute atomic E-state index is 0.0733. The third-order valence-corrected chi connectivity index (χ3v) is 9.76. The van der Waals surface area contributed by atoms with E-state index in [4.69, 9.17) is 16.3 Å². The van der Waals surface area contributed by atoms with Gasteiger partial charge in [0, 0.05) is 31.1 Å². The largest absolute Gasteiger partial charge is 0.507 e.